The highest BCUT2D eigenvalue weighted by molar-refractivity contribution is 14.1. The summed E-state index contributed by atoms with van der Waals surface area (Å²) < 4.78 is 0.972. The van der Waals surface area contributed by atoms with E-state index in [4.69, 9.17) is 0 Å². The molecule has 2 aromatic carbocycles. The molecule has 0 saturated carbocycles. The number of hydrogen-bond acceptors (Lipinski definition) is 12. The number of anilines is 1. The summed E-state index contributed by atoms with van der Waals surface area (Å²) in [7, 11) is 0. The van der Waals surface area contributed by atoms with Crippen LogP contribution in [0.15, 0.2) is 54.6 Å². The predicted molar refractivity (Wildman–Crippen MR) is 261 cm³/mol. The standard InChI is InChI=1S/C46H62IN11O12/c1-22(48-35(61)23(2)50-37(63)25(4)53-41(67)29(8)58-33(59)21-46(11,44(58)70)57-42(68)30-15-13-12-14-16-30)34(60)49-24(3)36(62)52-28(7)40(66)56-45(9,10)43(69)54-27(6)38(64)51-26(5)39(65)55-32-19-17-31(47)18-20-32/h12-20,22-29H,21H2,1-11H3,(H,48,61)(H,49,60)(H,50,63)(H,51,64)(H,52,62)(H,53,67)(H,54,69)(H,55,65)(H,56,66)(H,57,68). The number of nitrogens with one attached hydrogen (secondary N) is 10. The molecule has 1 aliphatic rings. The maximum Gasteiger partial charge on any atom is 0.255 e. The number of nitrogens with zero attached hydrogens (tertiary/aromatic N) is 1. The van der Waals surface area contributed by atoms with Crippen molar-refractivity contribution < 1.29 is 57.5 Å². The third-order valence-electron chi connectivity index (χ3n) is 11.0. The second-order valence-electron chi connectivity index (χ2n) is 17.8. The van der Waals surface area contributed by atoms with E-state index in [1.165, 1.54) is 88.3 Å². The van der Waals surface area contributed by atoms with Crippen molar-refractivity contribution in [2.45, 2.75) is 142 Å². The van der Waals surface area contributed by atoms with E-state index in [9.17, 15) is 57.5 Å². The lowest BCUT2D eigenvalue weighted by Crippen LogP contribution is -2.62. The molecule has 9 unspecified atom stereocenters. The van der Waals surface area contributed by atoms with Gasteiger partial charge in [-0.2, -0.15) is 0 Å². The fourth-order valence-corrected chi connectivity index (χ4v) is 6.84. The number of hydrogen-bond donors (Lipinski definition) is 10. The van der Waals surface area contributed by atoms with E-state index >= 15 is 0 Å². The molecule has 3 rings (SSSR count). The Morgan fingerprint density at radius 2 is 0.929 bits per heavy atom. The van der Waals surface area contributed by atoms with Crippen molar-refractivity contribution in [3.63, 3.8) is 0 Å². The zero-order valence-corrected chi connectivity index (χ0v) is 42.9. The minimum atomic E-state index is -1.63. The van der Waals surface area contributed by atoms with E-state index < -0.39 is 137 Å². The van der Waals surface area contributed by atoms with Gasteiger partial charge in [0.2, 0.25) is 59.1 Å². The number of carbonyl (C=O) groups excluding carboxylic acids is 12. The molecule has 0 radical (unpaired) electrons. The van der Waals surface area contributed by atoms with E-state index in [1.54, 1.807) is 42.5 Å². The van der Waals surface area contributed by atoms with Crippen molar-refractivity contribution in [2.75, 3.05) is 5.32 Å². The Bertz CT molecular complexity index is 2370. The first-order valence-electron chi connectivity index (χ1n) is 22.2. The fourth-order valence-electron chi connectivity index (χ4n) is 6.48. The summed E-state index contributed by atoms with van der Waals surface area (Å²) in [5.41, 5.74) is -2.41. The third kappa shape index (κ3) is 15.8. The van der Waals surface area contributed by atoms with Crippen LogP contribution < -0.4 is 53.2 Å². The van der Waals surface area contributed by atoms with E-state index in [0.29, 0.717) is 10.6 Å². The van der Waals surface area contributed by atoms with Gasteiger partial charge in [0, 0.05) is 14.8 Å². The highest BCUT2D eigenvalue weighted by Crippen LogP contribution is 2.26. The SMILES string of the molecule is CC(NC(=O)C(C)NC(=O)C(C)(C)NC(=O)C(C)NC(=O)C(C)NC(=O)C(C)NC(=O)C(C)NC(=O)C(C)NC(=O)C(C)N1C(=O)CC(C)(NC(=O)c2ccccc2)C1=O)C(=O)Nc1ccc(I)cc1. The lowest BCUT2D eigenvalue weighted by atomic mass is 9.99. The fraction of sp³-hybridized carbons (Fsp3) is 0.478. The molecule has 1 saturated heterocycles. The minimum Gasteiger partial charge on any atom is -0.343 e. The normalized spacial score (nSPS) is 17.9. The van der Waals surface area contributed by atoms with Crippen molar-refractivity contribution in [3.8, 4) is 0 Å². The topological polar surface area (TPSA) is 328 Å². The van der Waals surface area contributed by atoms with Gasteiger partial charge in [0.15, 0.2) is 0 Å². The summed E-state index contributed by atoms with van der Waals surface area (Å²) in [6.45, 7) is 14.8. The van der Waals surface area contributed by atoms with Crippen LogP contribution in [0.3, 0.4) is 0 Å². The zero-order valence-electron chi connectivity index (χ0n) is 40.7. The highest BCUT2D eigenvalue weighted by Gasteiger charge is 2.52. The summed E-state index contributed by atoms with van der Waals surface area (Å²) >= 11 is 2.12. The van der Waals surface area contributed by atoms with E-state index in [0.717, 1.165) is 3.57 Å². The molecule has 0 aromatic heterocycles. The van der Waals surface area contributed by atoms with E-state index in [2.05, 4.69) is 75.8 Å². The first kappa shape index (κ1) is 57.3. The van der Waals surface area contributed by atoms with Crippen molar-refractivity contribution in [1.29, 1.82) is 0 Å². The summed E-state index contributed by atoms with van der Waals surface area (Å²) in [6, 6.07) is 5.44. The van der Waals surface area contributed by atoms with Crippen LogP contribution in [-0.4, -0.2) is 135 Å². The molecule has 2 aromatic rings. The maximum absolute atomic E-state index is 13.3. The molecule has 0 spiro atoms. The Morgan fingerprint density at radius 3 is 1.37 bits per heavy atom. The molecule has 70 heavy (non-hydrogen) atoms. The Labute approximate surface area is 418 Å². The second kappa shape index (κ2) is 24.5. The average Bonchev–Trinajstić information content (AvgIpc) is 3.51. The molecule has 1 aliphatic heterocycles. The molecule has 24 heteroatoms. The van der Waals surface area contributed by atoms with Gasteiger partial charge in [-0.1, -0.05) is 18.2 Å². The van der Waals surface area contributed by atoms with E-state index in [-0.39, 0.29) is 5.56 Å². The van der Waals surface area contributed by atoms with Crippen LogP contribution in [-0.2, 0) is 52.7 Å². The summed E-state index contributed by atoms with van der Waals surface area (Å²) in [6.07, 6.45) is -0.403. The summed E-state index contributed by atoms with van der Waals surface area (Å²) in [5.74, 6) is -8.90. The molecular weight excluding hydrogens is 1030 g/mol. The smallest absolute Gasteiger partial charge is 0.255 e. The number of rotatable bonds is 21. The van der Waals surface area contributed by atoms with Gasteiger partial charge in [-0.15, -0.1) is 0 Å². The number of halogens is 1. The molecular formula is C46H62IN11O12. The number of carbonyl (C=O) groups is 12. The molecule has 1 heterocycles. The van der Waals surface area contributed by atoms with Crippen LogP contribution in [0.4, 0.5) is 5.69 Å². The first-order chi connectivity index (χ1) is 32.5. The van der Waals surface area contributed by atoms with Gasteiger partial charge in [-0.3, -0.25) is 62.4 Å². The Balaban J connectivity index is 1.42. The van der Waals surface area contributed by atoms with Crippen molar-refractivity contribution in [2.24, 2.45) is 0 Å². The maximum atomic E-state index is 13.3. The molecule has 10 N–H and O–H groups in total. The van der Waals surface area contributed by atoms with E-state index in [1.807, 2.05) is 0 Å². The molecule has 9 atom stereocenters. The van der Waals surface area contributed by atoms with Gasteiger partial charge in [0.25, 0.3) is 11.8 Å². The summed E-state index contributed by atoms with van der Waals surface area (Å²) in [4.78, 5) is 156. The van der Waals surface area contributed by atoms with Gasteiger partial charge >= 0.3 is 0 Å². The van der Waals surface area contributed by atoms with Crippen LogP contribution in [0.1, 0.15) is 92.9 Å². The van der Waals surface area contributed by atoms with Crippen molar-refractivity contribution in [1.82, 2.24) is 52.8 Å². The Kier molecular flexibility index (Phi) is 20.1. The lowest BCUT2D eigenvalue weighted by molar-refractivity contribution is -0.147. The number of likely N-dealkylation sites (tertiary alicyclic amines) is 1. The van der Waals surface area contributed by atoms with Crippen LogP contribution in [0.5, 0.6) is 0 Å². The lowest BCUT2D eigenvalue weighted by Gasteiger charge is -2.29. The predicted octanol–water partition coefficient (Wildman–Crippen LogP) is -1.01. The third-order valence-corrected chi connectivity index (χ3v) is 11.7. The van der Waals surface area contributed by atoms with Gasteiger partial charge in [0.05, 0.1) is 6.42 Å². The molecule has 380 valence electrons. The molecule has 0 bridgehead atoms. The highest BCUT2D eigenvalue weighted by atomic mass is 127. The minimum absolute atomic E-state index is 0.263. The molecule has 0 aliphatic carbocycles. The largest absolute Gasteiger partial charge is 0.343 e. The van der Waals surface area contributed by atoms with Crippen LogP contribution in [0.2, 0.25) is 0 Å². The monoisotopic (exact) mass is 1090 g/mol. The van der Waals surface area contributed by atoms with Crippen LogP contribution in [0, 0.1) is 3.57 Å². The molecule has 1 fully saturated rings. The zero-order chi connectivity index (χ0) is 53.0. The second-order valence-corrected chi connectivity index (χ2v) is 19.0. The van der Waals surface area contributed by atoms with Gasteiger partial charge < -0.3 is 53.2 Å². The summed E-state index contributed by atoms with van der Waals surface area (Å²) in [5, 5.41) is 24.8. The quantitative estimate of drug-likeness (QED) is 0.0532. The Morgan fingerprint density at radius 1 is 0.543 bits per heavy atom. The Hall–Kier alpha value is -6.99. The molecule has 23 nitrogen and oxygen atoms in total. The van der Waals surface area contributed by atoms with Crippen LogP contribution in [0.25, 0.3) is 0 Å². The van der Waals surface area contributed by atoms with Crippen LogP contribution >= 0.6 is 22.6 Å². The average molecular weight is 1090 g/mol. The van der Waals surface area contributed by atoms with Crippen molar-refractivity contribution in [3.05, 3.63) is 63.7 Å². The number of amides is 12. The van der Waals surface area contributed by atoms with Gasteiger partial charge in [-0.25, -0.2) is 0 Å². The van der Waals surface area contributed by atoms with Gasteiger partial charge in [0.1, 0.15) is 59.4 Å². The van der Waals surface area contributed by atoms with Crippen molar-refractivity contribution >= 4 is 99.2 Å². The number of benzene rings is 2. The van der Waals surface area contributed by atoms with Gasteiger partial charge in [-0.05, 0) is 135 Å². The first-order valence-corrected chi connectivity index (χ1v) is 23.3. The molecule has 12 amide bonds. The number of imide groups is 1.